The number of rotatable bonds is 10. The third-order valence-corrected chi connectivity index (χ3v) is 12.2. The van der Waals surface area contributed by atoms with Gasteiger partial charge in [-0.2, -0.15) is 0 Å². The summed E-state index contributed by atoms with van der Waals surface area (Å²) in [4.78, 5) is 0. The molecule has 0 aliphatic heterocycles. The zero-order valence-corrected chi connectivity index (χ0v) is 20.2. The summed E-state index contributed by atoms with van der Waals surface area (Å²) >= 11 is 0. The largest absolute Gasteiger partial charge is 0.407 e. The fourth-order valence-electron chi connectivity index (χ4n) is 4.66. The van der Waals surface area contributed by atoms with Gasteiger partial charge in [-0.05, 0) is 27.8 Å². The van der Waals surface area contributed by atoms with Crippen LogP contribution >= 0.6 is 0 Å². The number of aliphatic hydroxyl groups excluding tert-OH is 2. The normalized spacial score (nSPS) is 15.8. The van der Waals surface area contributed by atoms with Crippen LogP contribution in [0.3, 0.4) is 0 Å². The van der Waals surface area contributed by atoms with Crippen molar-refractivity contribution in [1.82, 2.24) is 0 Å². The minimum atomic E-state index is -2.26. The highest BCUT2D eigenvalue weighted by atomic mass is 28.4. The van der Waals surface area contributed by atoms with Crippen LogP contribution in [0.25, 0.3) is 6.08 Å². The van der Waals surface area contributed by atoms with E-state index in [0.717, 1.165) is 5.56 Å². The van der Waals surface area contributed by atoms with Crippen LogP contribution in [0.15, 0.2) is 66.7 Å². The predicted molar refractivity (Wildman–Crippen MR) is 129 cm³/mol. The predicted octanol–water partition coefficient (Wildman–Crippen LogP) is 6.36. The molecule has 0 radical (unpaired) electrons. The Labute approximate surface area is 183 Å². The third-order valence-electron chi connectivity index (χ3n) is 6.13. The molecule has 0 aromatic heterocycles. The molecule has 0 spiro atoms. The average molecular weight is 427 g/mol. The molecule has 4 heteroatoms. The number of aliphatic hydroxyl groups is 2. The molecule has 2 N–H and O–H groups in total. The highest BCUT2D eigenvalue weighted by Gasteiger charge is 2.47. The molecule has 0 saturated heterocycles. The lowest BCUT2D eigenvalue weighted by Crippen LogP contribution is -2.52. The Hall–Kier alpha value is -1.72. The Morgan fingerprint density at radius 1 is 0.733 bits per heavy atom. The Morgan fingerprint density at radius 2 is 1.20 bits per heavy atom. The van der Waals surface area contributed by atoms with Crippen molar-refractivity contribution in [3.63, 3.8) is 0 Å². The quantitative estimate of drug-likeness (QED) is 0.435. The topological polar surface area (TPSA) is 49.7 Å². The van der Waals surface area contributed by atoms with E-state index in [-0.39, 0.29) is 0 Å². The van der Waals surface area contributed by atoms with E-state index in [1.807, 2.05) is 72.8 Å². The monoisotopic (exact) mass is 426 g/mol. The van der Waals surface area contributed by atoms with E-state index in [9.17, 15) is 10.2 Å². The van der Waals surface area contributed by atoms with Gasteiger partial charge in [-0.3, -0.25) is 0 Å². The molecule has 0 heterocycles. The molecule has 30 heavy (non-hydrogen) atoms. The summed E-state index contributed by atoms with van der Waals surface area (Å²) in [6, 6.07) is 19.3. The molecule has 3 nitrogen and oxygen atoms in total. The van der Waals surface area contributed by atoms with Gasteiger partial charge in [0, 0.05) is 0 Å². The van der Waals surface area contributed by atoms with Crippen LogP contribution in [0.1, 0.15) is 58.8 Å². The summed E-state index contributed by atoms with van der Waals surface area (Å²) in [6.07, 6.45) is 1.22. The van der Waals surface area contributed by atoms with Gasteiger partial charge in [-0.25, -0.2) is 0 Å². The van der Waals surface area contributed by atoms with Crippen molar-refractivity contribution in [2.24, 2.45) is 0 Å². The smallest absolute Gasteiger partial charge is 0.201 e. The lowest BCUT2D eigenvalue weighted by Gasteiger charge is -2.45. The van der Waals surface area contributed by atoms with Gasteiger partial charge >= 0.3 is 0 Å². The van der Waals surface area contributed by atoms with Gasteiger partial charge in [0.2, 0.25) is 8.32 Å². The molecular formula is C26H38O3Si. The standard InChI is InChI=1S/C26H38O3Si/c1-19(2)30(20(3)4,21(5)6)29-24(18-17-22-13-9-7-10-14-22)26(28)25(27)23-15-11-8-12-16-23/h7-21,24-28H,1-6H3/b18-17+/t24-,25+,26-/m1/s1. The van der Waals surface area contributed by atoms with E-state index in [0.29, 0.717) is 22.2 Å². The zero-order chi connectivity index (χ0) is 22.3. The van der Waals surface area contributed by atoms with E-state index in [1.54, 1.807) is 0 Å². The highest BCUT2D eigenvalue weighted by molar-refractivity contribution is 6.77. The fourth-order valence-corrected chi connectivity index (χ4v) is 10.2. The van der Waals surface area contributed by atoms with Crippen LogP contribution in [-0.4, -0.2) is 30.7 Å². The molecule has 0 aliphatic carbocycles. The summed E-state index contributed by atoms with van der Waals surface area (Å²) in [5.74, 6) is 0. The van der Waals surface area contributed by atoms with Crippen molar-refractivity contribution in [2.75, 3.05) is 0 Å². The van der Waals surface area contributed by atoms with Gasteiger partial charge < -0.3 is 14.6 Å². The van der Waals surface area contributed by atoms with Gasteiger partial charge in [-0.1, -0.05) is 114 Å². The van der Waals surface area contributed by atoms with Crippen molar-refractivity contribution in [1.29, 1.82) is 0 Å². The number of hydrogen-bond acceptors (Lipinski definition) is 3. The maximum Gasteiger partial charge on any atom is 0.201 e. The Morgan fingerprint density at radius 3 is 1.67 bits per heavy atom. The van der Waals surface area contributed by atoms with Crippen molar-refractivity contribution in [3.05, 3.63) is 77.9 Å². The molecule has 2 rings (SSSR count). The SMILES string of the molecule is CC(C)[Si](O[C@H](/C=C/c1ccccc1)[C@@H](O)[C@@H](O)c1ccccc1)(C(C)C)C(C)C. The van der Waals surface area contributed by atoms with Crippen LogP contribution in [0.2, 0.25) is 16.6 Å². The van der Waals surface area contributed by atoms with Gasteiger partial charge in [0.25, 0.3) is 0 Å². The average Bonchev–Trinajstić information content (AvgIpc) is 2.73. The molecule has 0 aliphatic rings. The van der Waals surface area contributed by atoms with E-state index >= 15 is 0 Å². The second-order valence-electron chi connectivity index (χ2n) is 9.02. The van der Waals surface area contributed by atoms with Crippen molar-refractivity contribution in [2.45, 2.75) is 76.5 Å². The lowest BCUT2D eigenvalue weighted by atomic mass is 10.00. The molecule has 0 saturated carbocycles. The Balaban J connectivity index is 2.43. The second-order valence-corrected chi connectivity index (χ2v) is 14.4. The summed E-state index contributed by atoms with van der Waals surface area (Å²) < 4.78 is 6.89. The molecule has 2 aromatic rings. The Bertz CT molecular complexity index is 750. The maximum atomic E-state index is 11.2. The molecule has 164 valence electrons. The van der Waals surface area contributed by atoms with Crippen LogP contribution in [0.4, 0.5) is 0 Å². The molecule has 0 amide bonds. The molecule has 0 unspecified atom stereocenters. The van der Waals surface area contributed by atoms with Gasteiger partial charge in [0.05, 0.1) is 6.10 Å². The van der Waals surface area contributed by atoms with Gasteiger partial charge in [-0.15, -0.1) is 0 Å². The van der Waals surface area contributed by atoms with Crippen molar-refractivity contribution >= 4 is 14.4 Å². The van der Waals surface area contributed by atoms with Crippen molar-refractivity contribution < 1.29 is 14.6 Å². The molecule has 3 atom stereocenters. The minimum Gasteiger partial charge on any atom is -0.407 e. The molecule has 0 bridgehead atoms. The molecular weight excluding hydrogens is 388 g/mol. The Kier molecular flexibility index (Phi) is 9.04. The highest BCUT2D eigenvalue weighted by Crippen LogP contribution is 2.44. The van der Waals surface area contributed by atoms with Crippen LogP contribution in [0.5, 0.6) is 0 Å². The van der Waals surface area contributed by atoms with Crippen LogP contribution in [-0.2, 0) is 4.43 Å². The molecule has 0 fully saturated rings. The third kappa shape index (κ3) is 5.70. The van der Waals surface area contributed by atoms with E-state index in [4.69, 9.17) is 4.43 Å². The van der Waals surface area contributed by atoms with Gasteiger partial charge in [0.1, 0.15) is 12.2 Å². The van der Waals surface area contributed by atoms with E-state index < -0.39 is 26.6 Å². The first-order chi connectivity index (χ1) is 14.2. The molecule has 2 aromatic carbocycles. The van der Waals surface area contributed by atoms with Crippen LogP contribution in [0, 0.1) is 0 Å². The summed E-state index contributed by atoms with van der Waals surface area (Å²) in [6.45, 7) is 13.4. The number of benzene rings is 2. The zero-order valence-electron chi connectivity index (χ0n) is 19.2. The lowest BCUT2D eigenvalue weighted by molar-refractivity contribution is -0.0388. The summed E-state index contributed by atoms with van der Waals surface area (Å²) in [5.41, 5.74) is 2.87. The first kappa shape index (κ1) is 24.5. The van der Waals surface area contributed by atoms with E-state index in [1.165, 1.54) is 0 Å². The maximum absolute atomic E-state index is 11.2. The summed E-state index contributed by atoms with van der Waals surface area (Å²) in [7, 11) is -2.26. The van der Waals surface area contributed by atoms with Crippen LogP contribution < -0.4 is 0 Å². The number of hydrogen-bond donors (Lipinski definition) is 2. The van der Waals surface area contributed by atoms with Crippen molar-refractivity contribution in [3.8, 4) is 0 Å². The first-order valence-corrected chi connectivity index (χ1v) is 13.2. The van der Waals surface area contributed by atoms with Gasteiger partial charge in [0.15, 0.2) is 0 Å². The second kappa shape index (κ2) is 11.1. The summed E-state index contributed by atoms with van der Waals surface area (Å²) in [5, 5.41) is 22.1. The first-order valence-electron chi connectivity index (χ1n) is 11.0. The minimum absolute atomic E-state index is 0.381. The van der Waals surface area contributed by atoms with E-state index in [2.05, 4.69) is 41.5 Å². The fraction of sp³-hybridized carbons (Fsp3) is 0.462.